The SMILES string of the molecule is Cc1nc(C)c(C)o1.O=CNc1ccc(F)c(-c2nc3ncc(N4CCCC4)cn3n2)c1. The predicted molar refractivity (Wildman–Crippen MR) is 118 cm³/mol. The number of aromatic nitrogens is 5. The van der Waals surface area contributed by atoms with Crippen LogP contribution in [0.3, 0.4) is 0 Å². The molecule has 9 nitrogen and oxygen atoms in total. The molecule has 0 radical (unpaired) electrons. The minimum atomic E-state index is -0.456. The van der Waals surface area contributed by atoms with Crippen LogP contribution < -0.4 is 10.2 Å². The topological polar surface area (TPSA) is 101 Å². The van der Waals surface area contributed by atoms with Crippen LogP contribution in [0, 0.1) is 26.6 Å². The van der Waals surface area contributed by atoms with Crippen molar-refractivity contribution in [3.63, 3.8) is 0 Å². The number of oxazole rings is 1. The molecule has 1 N–H and O–H groups in total. The summed E-state index contributed by atoms with van der Waals surface area (Å²) in [6.07, 6.45) is 6.50. The molecule has 1 aromatic carbocycles. The molecule has 1 saturated heterocycles. The number of nitrogens with zero attached hydrogens (tertiary/aromatic N) is 6. The summed E-state index contributed by atoms with van der Waals surface area (Å²) < 4.78 is 20.8. The number of amides is 1. The molecule has 5 rings (SSSR count). The van der Waals surface area contributed by atoms with E-state index in [1.807, 2.05) is 27.0 Å². The molecule has 0 saturated carbocycles. The maximum atomic E-state index is 14.1. The van der Waals surface area contributed by atoms with E-state index in [-0.39, 0.29) is 11.4 Å². The fraction of sp³-hybridized carbons (Fsp3) is 0.318. The molecule has 32 heavy (non-hydrogen) atoms. The number of hydrogen-bond donors (Lipinski definition) is 1. The molecular weight excluding hydrogens is 413 g/mol. The third-order valence-electron chi connectivity index (χ3n) is 5.22. The molecule has 0 aliphatic carbocycles. The molecule has 1 amide bonds. The largest absolute Gasteiger partial charge is 0.446 e. The second-order valence-corrected chi connectivity index (χ2v) is 7.52. The lowest BCUT2D eigenvalue weighted by Crippen LogP contribution is -2.18. The zero-order chi connectivity index (χ0) is 22.7. The molecule has 3 aromatic heterocycles. The number of carbonyl (C=O) groups excluding carboxylic acids is 1. The van der Waals surface area contributed by atoms with Gasteiger partial charge in [0.05, 0.1) is 29.3 Å². The highest BCUT2D eigenvalue weighted by atomic mass is 19.1. The van der Waals surface area contributed by atoms with Gasteiger partial charge in [0.1, 0.15) is 11.6 Å². The van der Waals surface area contributed by atoms with Crippen LogP contribution in [0.15, 0.2) is 35.0 Å². The van der Waals surface area contributed by atoms with Crippen LogP contribution in [-0.2, 0) is 4.79 Å². The summed E-state index contributed by atoms with van der Waals surface area (Å²) in [5, 5.41) is 6.83. The van der Waals surface area contributed by atoms with Gasteiger partial charge in [-0.1, -0.05) is 0 Å². The third-order valence-corrected chi connectivity index (χ3v) is 5.22. The van der Waals surface area contributed by atoms with Gasteiger partial charge < -0.3 is 14.6 Å². The van der Waals surface area contributed by atoms with Crippen molar-refractivity contribution in [2.24, 2.45) is 0 Å². The summed E-state index contributed by atoms with van der Waals surface area (Å²) in [5.74, 6) is 1.85. The lowest BCUT2D eigenvalue weighted by Gasteiger charge is -2.16. The number of rotatable bonds is 4. The van der Waals surface area contributed by atoms with E-state index in [9.17, 15) is 9.18 Å². The number of nitrogens with one attached hydrogen (secondary N) is 1. The van der Waals surface area contributed by atoms with Crippen molar-refractivity contribution in [2.75, 3.05) is 23.3 Å². The standard InChI is InChI=1S/C16H15FN6O.C6H9NO/c17-14-4-3-11(19-10-24)7-13(14)15-20-16-18-8-12(9-23(16)21-15)22-5-1-2-6-22;1-4-5(2)8-6(3)7-4/h3-4,7-10H,1-2,5-6H2,(H,19,24);1-3H3. The summed E-state index contributed by atoms with van der Waals surface area (Å²) in [6.45, 7) is 7.70. The Kier molecular flexibility index (Phi) is 6.11. The van der Waals surface area contributed by atoms with Crippen LogP contribution in [0.25, 0.3) is 17.2 Å². The zero-order valence-corrected chi connectivity index (χ0v) is 18.2. The summed E-state index contributed by atoms with van der Waals surface area (Å²) in [7, 11) is 0. The quantitative estimate of drug-likeness (QED) is 0.486. The Labute approximate surface area is 184 Å². The molecule has 0 unspecified atom stereocenters. The van der Waals surface area contributed by atoms with E-state index in [2.05, 4.69) is 30.3 Å². The Hall–Kier alpha value is -3.82. The molecule has 4 aromatic rings. The molecule has 0 spiro atoms. The Bertz CT molecular complexity index is 1230. The molecule has 1 fully saturated rings. The monoisotopic (exact) mass is 437 g/mol. The lowest BCUT2D eigenvalue weighted by molar-refractivity contribution is -0.105. The van der Waals surface area contributed by atoms with Crippen molar-refractivity contribution in [3.8, 4) is 11.4 Å². The summed E-state index contributed by atoms with van der Waals surface area (Å²) in [4.78, 5) is 25.4. The normalized spacial score (nSPS) is 13.2. The average Bonchev–Trinajstić information content (AvgIpc) is 3.50. The Morgan fingerprint density at radius 3 is 2.56 bits per heavy atom. The number of anilines is 2. The Morgan fingerprint density at radius 2 is 1.94 bits per heavy atom. The first-order chi connectivity index (χ1) is 15.4. The van der Waals surface area contributed by atoms with Gasteiger partial charge in [-0.3, -0.25) is 4.79 Å². The van der Waals surface area contributed by atoms with E-state index in [0.717, 1.165) is 36.1 Å². The highest BCUT2D eigenvalue weighted by Gasteiger charge is 2.16. The molecule has 10 heteroatoms. The molecule has 166 valence electrons. The van der Waals surface area contributed by atoms with Crippen molar-refractivity contribution < 1.29 is 13.6 Å². The van der Waals surface area contributed by atoms with Gasteiger partial charge in [-0.15, -0.1) is 5.10 Å². The maximum absolute atomic E-state index is 14.1. The van der Waals surface area contributed by atoms with E-state index in [0.29, 0.717) is 17.9 Å². The molecule has 4 heterocycles. The van der Waals surface area contributed by atoms with Crippen molar-refractivity contribution in [3.05, 3.63) is 53.8 Å². The van der Waals surface area contributed by atoms with Crippen LogP contribution in [0.2, 0.25) is 0 Å². The highest BCUT2D eigenvalue weighted by molar-refractivity contribution is 5.74. The Morgan fingerprint density at radius 1 is 1.16 bits per heavy atom. The number of halogens is 1. The van der Waals surface area contributed by atoms with Gasteiger partial charge in [0.15, 0.2) is 11.7 Å². The smallest absolute Gasteiger partial charge is 0.252 e. The van der Waals surface area contributed by atoms with Gasteiger partial charge in [0.2, 0.25) is 6.41 Å². The number of aryl methyl sites for hydroxylation is 3. The first kappa shape index (κ1) is 21.4. The predicted octanol–water partition coefficient (Wildman–Crippen LogP) is 3.70. The zero-order valence-electron chi connectivity index (χ0n) is 18.2. The second kappa shape index (κ2) is 9.13. The van der Waals surface area contributed by atoms with Gasteiger partial charge in [0.25, 0.3) is 5.78 Å². The van der Waals surface area contributed by atoms with Crippen molar-refractivity contribution in [1.29, 1.82) is 0 Å². The third kappa shape index (κ3) is 4.58. The van der Waals surface area contributed by atoms with Crippen LogP contribution in [0.4, 0.5) is 15.8 Å². The average molecular weight is 437 g/mol. The van der Waals surface area contributed by atoms with Gasteiger partial charge in [-0.2, -0.15) is 4.98 Å². The number of hydrogen-bond acceptors (Lipinski definition) is 7. The number of benzene rings is 1. The first-order valence-corrected chi connectivity index (χ1v) is 10.3. The van der Waals surface area contributed by atoms with E-state index < -0.39 is 5.82 Å². The van der Waals surface area contributed by atoms with Crippen molar-refractivity contribution in [2.45, 2.75) is 33.6 Å². The van der Waals surface area contributed by atoms with Crippen LogP contribution in [0.1, 0.15) is 30.2 Å². The maximum Gasteiger partial charge on any atom is 0.252 e. The molecule has 1 aliphatic rings. The van der Waals surface area contributed by atoms with Crippen LogP contribution in [-0.4, -0.2) is 44.1 Å². The van der Waals surface area contributed by atoms with Gasteiger partial charge in [0, 0.05) is 25.7 Å². The Balaban J connectivity index is 0.000000260. The van der Waals surface area contributed by atoms with Crippen molar-refractivity contribution >= 4 is 23.6 Å². The summed E-state index contributed by atoms with van der Waals surface area (Å²) in [6, 6.07) is 4.25. The fourth-order valence-corrected chi connectivity index (χ4v) is 3.51. The van der Waals surface area contributed by atoms with E-state index >= 15 is 0 Å². The minimum Gasteiger partial charge on any atom is -0.446 e. The van der Waals surface area contributed by atoms with E-state index in [1.165, 1.54) is 31.0 Å². The van der Waals surface area contributed by atoms with Gasteiger partial charge in [-0.05, 0) is 44.9 Å². The van der Waals surface area contributed by atoms with Gasteiger partial charge >= 0.3 is 0 Å². The fourth-order valence-electron chi connectivity index (χ4n) is 3.51. The second-order valence-electron chi connectivity index (χ2n) is 7.52. The summed E-state index contributed by atoms with van der Waals surface area (Å²) in [5.41, 5.74) is 2.66. The first-order valence-electron chi connectivity index (χ1n) is 10.3. The minimum absolute atomic E-state index is 0.218. The van der Waals surface area contributed by atoms with E-state index in [1.54, 1.807) is 10.7 Å². The van der Waals surface area contributed by atoms with Crippen molar-refractivity contribution in [1.82, 2.24) is 24.6 Å². The molecule has 0 atom stereocenters. The molecule has 0 bridgehead atoms. The molecule has 1 aliphatic heterocycles. The molecular formula is C22H24FN7O2. The lowest BCUT2D eigenvalue weighted by atomic mass is 10.2. The van der Waals surface area contributed by atoms with Crippen LogP contribution in [0.5, 0.6) is 0 Å². The summed E-state index contributed by atoms with van der Waals surface area (Å²) >= 11 is 0. The number of fused-ring (bicyclic) bond motifs is 1. The van der Waals surface area contributed by atoms with E-state index in [4.69, 9.17) is 4.42 Å². The highest BCUT2D eigenvalue weighted by Crippen LogP contribution is 2.25. The number of carbonyl (C=O) groups is 1. The van der Waals surface area contributed by atoms with Crippen LogP contribution >= 0.6 is 0 Å². The van der Waals surface area contributed by atoms with Gasteiger partial charge in [-0.25, -0.2) is 18.9 Å².